The lowest BCUT2D eigenvalue weighted by atomic mass is 10.1. The molecule has 188 valence electrons. The van der Waals surface area contributed by atoms with Crippen LogP contribution in [0.5, 0.6) is 0 Å². The van der Waals surface area contributed by atoms with Gasteiger partial charge in [0.15, 0.2) is 0 Å². The highest BCUT2D eigenvalue weighted by Gasteiger charge is 2.21. The highest BCUT2D eigenvalue weighted by atomic mass is 15.0. The van der Waals surface area contributed by atoms with E-state index in [-0.39, 0.29) is 0 Å². The molecule has 2 heteroatoms. The summed E-state index contributed by atoms with van der Waals surface area (Å²) in [6.45, 7) is 26.7. The van der Waals surface area contributed by atoms with E-state index in [1.54, 1.807) is 0 Å². The van der Waals surface area contributed by atoms with Crippen molar-refractivity contribution >= 4 is 48.6 Å². The van der Waals surface area contributed by atoms with Gasteiger partial charge in [-0.2, -0.15) is 0 Å². The smallest absolute Gasteiger partial charge is 0.0537 e. The lowest BCUT2D eigenvalue weighted by Crippen LogP contribution is -2.05. The zero-order valence-electron chi connectivity index (χ0n) is 22.9. The standard InChI is InChI=1S/C35H38N2/c1-10-18-32-28(14-5)29(15-6)33(19-11-2)36(32)26-22-25(9)23-27(24-26)37-34(20-12-3)30(16-7)31(17-8)35(37)21-13-4/h10-24H,5-8H2,1-4,9H3/b18-10-,19-11-,20-12-,21-13-. The van der Waals surface area contributed by atoms with Gasteiger partial charge in [-0.3, -0.25) is 0 Å². The molecule has 2 heterocycles. The molecular formula is C35H38N2. The van der Waals surface area contributed by atoms with Crippen molar-refractivity contribution in [2.45, 2.75) is 34.6 Å². The molecule has 0 atom stereocenters. The van der Waals surface area contributed by atoms with Crippen molar-refractivity contribution in [3.63, 3.8) is 0 Å². The Kier molecular flexibility index (Phi) is 8.92. The number of hydrogen-bond acceptors (Lipinski definition) is 0. The summed E-state index contributed by atoms with van der Waals surface area (Å²) in [6, 6.07) is 6.69. The summed E-state index contributed by atoms with van der Waals surface area (Å²) < 4.78 is 4.59. The van der Waals surface area contributed by atoms with Gasteiger partial charge in [0, 0.05) is 33.6 Å². The van der Waals surface area contributed by atoms with Crippen LogP contribution in [-0.4, -0.2) is 9.13 Å². The van der Waals surface area contributed by atoms with Gasteiger partial charge < -0.3 is 9.13 Å². The fourth-order valence-electron chi connectivity index (χ4n) is 5.00. The first kappa shape index (κ1) is 27.3. The number of aromatic nitrogens is 2. The largest absolute Gasteiger partial charge is 0.309 e. The molecule has 0 aliphatic rings. The molecular weight excluding hydrogens is 448 g/mol. The minimum atomic E-state index is 1.07. The lowest BCUT2D eigenvalue weighted by Gasteiger charge is -2.17. The summed E-state index contributed by atoms with van der Waals surface area (Å²) in [5.41, 5.74) is 11.9. The van der Waals surface area contributed by atoms with Crippen LogP contribution in [0, 0.1) is 6.92 Å². The van der Waals surface area contributed by atoms with Crippen LogP contribution in [0.1, 0.15) is 78.3 Å². The molecule has 37 heavy (non-hydrogen) atoms. The van der Waals surface area contributed by atoms with Gasteiger partial charge in [0.25, 0.3) is 0 Å². The molecule has 2 aromatic heterocycles. The van der Waals surface area contributed by atoms with E-state index in [1.807, 2.05) is 52.0 Å². The molecule has 3 rings (SSSR count). The molecule has 0 aliphatic heterocycles. The Morgan fingerprint density at radius 3 is 0.973 bits per heavy atom. The van der Waals surface area contributed by atoms with Gasteiger partial charge in [0.05, 0.1) is 22.8 Å². The van der Waals surface area contributed by atoms with Crippen LogP contribution in [0.15, 0.2) is 68.8 Å². The third-order valence-corrected chi connectivity index (χ3v) is 6.33. The van der Waals surface area contributed by atoms with E-state index in [1.165, 1.54) is 0 Å². The Hall–Kier alpha value is -4.30. The summed E-state index contributed by atoms with van der Waals surface area (Å²) in [6.07, 6.45) is 24.5. The Morgan fingerprint density at radius 1 is 0.486 bits per heavy atom. The number of aryl methyl sites for hydroxylation is 1. The van der Waals surface area contributed by atoms with Gasteiger partial charge in [-0.15, -0.1) is 0 Å². The predicted molar refractivity (Wildman–Crippen MR) is 169 cm³/mol. The van der Waals surface area contributed by atoms with E-state index in [9.17, 15) is 0 Å². The fourth-order valence-corrected chi connectivity index (χ4v) is 5.00. The molecule has 0 unspecified atom stereocenters. The molecule has 1 aromatic carbocycles. The maximum atomic E-state index is 4.11. The number of allylic oxidation sites excluding steroid dienone is 4. The first-order valence-electron chi connectivity index (χ1n) is 12.7. The molecule has 0 saturated heterocycles. The normalized spacial score (nSPS) is 11.9. The highest BCUT2D eigenvalue weighted by molar-refractivity contribution is 5.82. The minimum absolute atomic E-state index is 1.07. The van der Waals surface area contributed by atoms with Crippen LogP contribution in [0.25, 0.3) is 60.0 Å². The van der Waals surface area contributed by atoms with Crippen LogP contribution in [0.3, 0.4) is 0 Å². The van der Waals surface area contributed by atoms with Crippen molar-refractivity contribution in [3.05, 3.63) is 119 Å². The van der Waals surface area contributed by atoms with Crippen molar-refractivity contribution in [2.24, 2.45) is 0 Å². The Morgan fingerprint density at radius 2 is 0.757 bits per heavy atom. The average Bonchev–Trinajstić information content (AvgIpc) is 3.35. The van der Waals surface area contributed by atoms with E-state index in [2.05, 4.69) is 109 Å². The topological polar surface area (TPSA) is 9.86 Å². The minimum Gasteiger partial charge on any atom is -0.309 e. The molecule has 0 N–H and O–H groups in total. The van der Waals surface area contributed by atoms with Crippen LogP contribution in [0.4, 0.5) is 0 Å². The van der Waals surface area contributed by atoms with Crippen molar-refractivity contribution in [1.82, 2.24) is 9.13 Å². The van der Waals surface area contributed by atoms with Crippen molar-refractivity contribution < 1.29 is 0 Å². The fraction of sp³-hybridized carbons (Fsp3) is 0.143. The van der Waals surface area contributed by atoms with Gasteiger partial charge in [0.2, 0.25) is 0 Å². The van der Waals surface area contributed by atoms with Crippen LogP contribution < -0.4 is 0 Å². The second-order valence-electron chi connectivity index (χ2n) is 8.71. The number of hydrogen-bond donors (Lipinski definition) is 0. The Labute approximate surface area is 223 Å². The summed E-state index contributed by atoms with van der Waals surface area (Å²) in [5, 5.41) is 0. The summed E-state index contributed by atoms with van der Waals surface area (Å²) in [7, 11) is 0. The molecule has 0 amide bonds. The molecule has 0 radical (unpaired) electrons. The monoisotopic (exact) mass is 486 g/mol. The first-order valence-corrected chi connectivity index (χ1v) is 12.7. The Bertz CT molecular complexity index is 1280. The van der Waals surface area contributed by atoms with Crippen molar-refractivity contribution in [1.29, 1.82) is 0 Å². The number of nitrogens with zero attached hydrogens (tertiary/aromatic N) is 2. The molecule has 2 nitrogen and oxygen atoms in total. The maximum absolute atomic E-state index is 4.11. The van der Waals surface area contributed by atoms with Gasteiger partial charge >= 0.3 is 0 Å². The molecule has 0 aliphatic carbocycles. The van der Waals surface area contributed by atoms with Crippen molar-refractivity contribution in [2.75, 3.05) is 0 Å². The van der Waals surface area contributed by atoms with E-state index in [0.29, 0.717) is 0 Å². The van der Waals surface area contributed by atoms with E-state index < -0.39 is 0 Å². The van der Waals surface area contributed by atoms with Gasteiger partial charge in [-0.05, 0) is 82.7 Å². The van der Waals surface area contributed by atoms with Crippen LogP contribution in [0.2, 0.25) is 0 Å². The molecule has 3 aromatic rings. The van der Waals surface area contributed by atoms with Gasteiger partial charge in [-0.1, -0.05) is 74.9 Å². The summed E-state index contributed by atoms with van der Waals surface area (Å²) in [5.74, 6) is 0. The second-order valence-corrected chi connectivity index (χ2v) is 8.71. The predicted octanol–water partition coefficient (Wildman–Crippen LogP) is 10.3. The first-order chi connectivity index (χ1) is 17.9. The molecule has 0 spiro atoms. The second kappa shape index (κ2) is 12.1. The van der Waals surface area contributed by atoms with Gasteiger partial charge in [-0.25, -0.2) is 0 Å². The number of rotatable bonds is 10. The van der Waals surface area contributed by atoms with Crippen LogP contribution >= 0.6 is 0 Å². The Balaban J connectivity index is 2.53. The maximum Gasteiger partial charge on any atom is 0.0537 e. The molecule has 0 saturated carbocycles. The molecule has 0 fully saturated rings. The third kappa shape index (κ3) is 4.88. The van der Waals surface area contributed by atoms with Crippen LogP contribution in [-0.2, 0) is 0 Å². The number of benzene rings is 1. The summed E-state index contributed by atoms with van der Waals surface area (Å²) in [4.78, 5) is 0. The van der Waals surface area contributed by atoms with Gasteiger partial charge in [0.1, 0.15) is 0 Å². The summed E-state index contributed by atoms with van der Waals surface area (Å²) >= 11 is 0. The third-order valence-electron chi connectivity index (χ3n) is 6.33. The van der Waals surface area contributed by atoms with E-state index in [0.717, 1.165) is 62.0 Å². The quantitative estimate of drug-likeness (QED) is 0.270. The van der Waals surface area contributed by atoms with E-state index >= 15 is 0 Å². The molecule has 0 bridgehead atoms. The van der Waals surface area contributed by atoms with Crippen molar-refractivity contribution in [3.8, 4) is 11.4 Å². The average molecular weight is 487 g/mol. The SMILES string of the molecule is C=Cc1c(C=C)c(/C=C\C)n(-c2cc(C)cc(-n3c(/C=C\C)c(C=C)c(C=C)c3/C=C\C)c2)c1/C=C\C. The zero-order chi connectivity index (χ0) is 27.1. The lowest BCUT2D eigenvalue weighted by molar-refractivity contribution is 1.00. The highest BCUT2D eigenvalue weighted by Crippen LogP contribution is 2.35. The van der Waals surface area contributed by atoms with E-state index in [4.69, 9.17) is 0 Å². The zero-order valence-corrected chi connectivity index (χ0v) is 22.9.